The van der Waals surface area contributed by atoms with Gasteiger partial charge in [-0.3, -0.25) is 18.8 Å². The van der Waals surface area contributed by atoms with Crippen LogP contribution in [0.3, 0.4) is 0 Å². The van der Waals surface area contributed by atoms with Crippen LogP contribution in [0.5, 0.6) is 5.75 Å². The van der Waals surface area contributed by atoms with E-state index in [0.717, 1.165) is 18.8 Å². The van der Waals surface area contributed by atoms with Crippen LogP contribution >= 0.6 is 0 Å². The Morgan fingerprint density at radius 2 is 1.44 bits per heavy atom. The van der Waals surface area contributed by atoms with Crippen molar-refractivity contribution in [3.63, 3.8) is 0 Å². The van der Waals surface area contributed by atoms with Gasteiger partial charge in [-0.2, -0.15) is 0 Å². The van der Waals surface area contributed by atoms with Crippen LogP contribution in [0, 0.1) is 0 Å². The van der Waals surface area contributed by atoms with Gasteiger partial charge in [0.25, 0.3) is 0 Å². The van der Waals surface area contributed by atoms with E-state index in [4.69, 9.17) is 4.74 Å². The van der Waals surface area contributed by atoms with Gasteiger partial charge >= 0.3 is 0 Å². The summed E-state index contributed by atoms with van der Waals surface area (Å²) in [5, 5.41) is 0. The maximum Gasteiger partial charge on any atom is 0.119 e. The Labute approximate surface area is 93.3 Å². The minimum atomic E-state index is 0. The topological polar surface area (TPSA) is 9.23 Å². The highest BCUT2D eigenvalue weighted by atomic mass is 19.0. The van der Waals surface area contributed by atoms with Gasteiger partial charge in [0.05, 0.1) is 6.61 Å². The second-order valence-corrected chi connectivity index (χ2v) is 2.87. The molecule has 0 atom stereocenters. The largest absolute Gasteiger partial charge is 0.494 e. The normalized spacial score (nSPS) is 7.31. The molecule has 0 radical (unpaired) electrons. The zero-order valence-electron chi connectivity index (χ0n) is 9.26. The van der Waals surface area contributed by atoms with Crippen molar-refractivity contribution in [1.82, 2.24) is 0 Å². The molecule has 0 unspecified atom stereocenters. The number of hydrogen-bond acceptors (Lipinski definition) is 1. The Balaban J connectivity index is -0.000000180. The maximum absolute atomic E-state index is 5.51. The van der Waals surface area contributed by atoms with Crippen LogP contribution in [-0.4, -0.2) is 6.61 Å². The first kappa shape index (κ1) is 24.1. The van der Waals surface area contributed by atoms with Crippen LogP contribution in [0.1, 0.15) is 26.2 Å². The molecule has 1 aromatic rings. The minimum Gasteiger partial charge on any atom is -0.494 e. The van der Waals surface area contributed by atoms with Crippen molar-refractivity contribution in [2.45, 2.75) is 26.2 Å². The summed E-state index contributed by atoms with van der Waals surface area (Å²) in [4.78, 5) is 0. The van der Waals surface area contributed by atoms with Crippen molar-refractivity contribution < 1.29 is 23.6 Å². The molecule has 0 bridgehead atoms. The second-order valence-electron chi connectivity index (χ2n) is 2.87. The Morgan fingerprint density at radius 1 is 0.875 bits per heavy atom. The van der Waals surface area contributed by atoms with Gasteiger partial charge in [-0.25, -0.2) is 0 Å². The van der Waals surface area contributed by atoms with E-state index < -0.39 is 0 Å². The lowest BCUT2D eigenvalue weighted by Gasteiger charge is -2.04. The van der Waals surface area contributed by atoms with Crippen LogP contribution < -0.4 is 4.74 Å². The molecule has 98 valence electrons. The van der Waals surface area contributed by atoms with Gasteiger partial charge in [0.2, 0.25) is 0 Å². The minimum absolute atomic E-state index is 0. The molecule has 0 spiro atoms. The van der Waals surface area contributed by atoms with Crippen LogP contribution in [0.2, 0.25) is 0 Å². The molecule has 0 amide bonds. The van der Waals surface area contributed by atoms with E-state index in [1.54, 1.807) is 0 Å². The summed E-state index contributed by atoms with van der Waals surface area (Å²) in [5.41, 5.74) is 0. The van der Waals surface area contributed by atoms with Crippen LogP contribution in [0.15, 0.2) is 30.3 Å². The van der Waals surface area contributed by atoms with Gasteiger partial charge < -0.3 is 4.74 Å². The lowest BCUT2D eigenvalue weighted by molar-refractivity contribution is 0.306. The summed E-state index contributed by atoms with van der Waals surface area (Å²) in [7, 11) is 0. The van der Waals surface area contributed by atoms with Crippen LogP contribution in [0.25, 0.3) is 0 Å². The number of benzene rings is 1. The van der Waals surface area contributed by atoms with E-state index in [1.807, 2.05) is 30.3 Å². The fraction of sp³-hybridized carbons (Fsp3) is 0.455. The molecule has 0 saturated heterocycles. The number of hydrogen-bond donors (Lipinski definition) is 0. The molecule has 0 heterocycles. The smallest absolute Gasteiger partial charge is 0.119 e. The molecule has 0 aromatic heterocycles. The molecule has 1 aromatic carbocycles. The first-order valence-corrected chi connectivity index (χ1v) is 4.61. The molecule has 1 rings (SSSR count). The van der Waals surface area contributed by atoms with Gasteiger partial charge in [-0.05, 0) is 18.6 Å². The standard InChI is InChI=1S/C11H16O.4FH/c1-2-3-7-10-12-11-8-5-4-6-9-11;;;;/h4-6,8-9H,2-3,7,10H2,1H3;4*1H. The summed E-state index contributed by atoms with van der Waals surface area (Å²) in [6.07, 6.45) is 3.66. The van der Waals surface area contributed by atoms with Crippen molar-refractivity contribution in [3.05, 3.63) is 30.3 Å². The Morgan fingerprint density at radius 3 is 1.94 bits per heavy atom. The average Bonchev–Trinajstić information content (AvgIpc) is 2.14. The molecule has 1 nitrogen and oxygen atoms in total. The highest BCUT2D eigenvalue weighted by Gasteiger charge is 1.89. The first-order chi connectivity index (χ1) is 5.93. The van der Waals surface area contributed by atoms with Crippen molar-refractivity contribution in [1.29, 1.82) is 0 Å². The molecule has 0 saturated carbocycles. The molecule has 0 aliphatic rings. The van der Waals surface area contributed by atoms with Gasteiger partial charge in [-0.15, -0.1) is 0 Å². The van der Waals surface area contributed by atoms with Crippen LogP contribution in [0.4, 0.5) is 18.8 Å². The maximum atomic E-state index is 5.51. The number of rotatable bonds is 5. The summed E-state index contributed by atoms with van der Waals surface area (Å²) >= 11 is 0. The Bertz CT molecular complexity index is 206. The van der Waals surface area contributed by atoms with Crippen molar-refractivity contribution in [2.75, 3.05) is 6.61 Å². The lowest BCUT2D eigenvalue weighted by Crippen LogP contribution is -1.96. The molecule has 0 N–H and O–H groups in total. The number of unbranched alkanes of at least 4 members (excludes halogenated alkanes) is 2. The first-order valence-electron chi connectivity index (χ1n) is 4.61. The highest BCUT2D eigenvalue weighted by molar-refractivity contribution is 5.20. The summed E-state index contributed by atoms with van der Waals surface area (Å²) in [6, 6.07) is 9.97. The van der Waals surface area contributed by atoms with E-state index >= 15 is 0 Å². The fourth-order valence-corrected chi connectivity index (χ4v) is 1.06. The molecule has 0 fully saturated rings. The van der Waals surface area contributed by atoms with Gasteiger partial charge in [-0.1, -0.05) is 38.0 Å². The molecule has 5 heteroatoms. The number of ether oxygens (including phenoxy) is 1. The third-order valence-corrected chi connectivity index (χ3v) is 1.76. The Kier molecular flexibility index (Phi) is 24.4. The van der Waals surface area contributed by atoms with E-state index in [1.165, 1.54) is 12.8 Å². The SMILES string of the molecule is CCCCCOc1ccccc1.F.F.F.F. The van der Waals surface area contributed by atoms with E-state index in [2.05, 4.69) is 6.92 Å². The zero-order chi connectivity index (χ0) is 8.65. The van der Waals surface area contributed by atoms with Crippen molar-refractivity contribution in [2.24, 2.45) is 0 Å². The second kappa shape index (κ2) is 16.2. The predicted molar refractivity (Wildman–Crippen MR) is 61.5 cm³/mol. The summed E-state index contributed by atoms with van der Waals surface area (Å²) in [5.74, 6) is 0.980. The van der Waals surface area contributed by atoms with Crippen LogP contribution in [-0.2, 0) is 0 Å². The van der Waals surface area contributed by atoms with Gasteiger partial charge in [0, 0.05) is 0 Å². The van der Waals surface area contributed by atoms with Gasteiger partial charge in [0.15, 0.2) is 0 Å². The number of halogens is 4. The van der Waals surface area contributed by atoms with E-state index in [0.29, 0.717) is 0 Å². The number of para-hydroxylation sites is 1. The molecule has 0 aliphatic heterocycles. The third kappa shape index (κ3) is 10.8. The van der Waals surface area contributed by atoms with Gasteiger partial charge in [0.1, 0.15) is 5.75 Å². The van der Waals surface area contributed by atoms with E-state index in [9.17, 15) is 0 Å². The van der Waals surface area contributed by atoms with Crippen molar-refractivity contribution >= 4 is 0 Å². The van der Waals surface area contributed by atoms with Crippen molar-refractivity contribution in [3.8, 4) is 5.75 Å². The lowest BCUT2D eigenvalue weighted by atomic mass is 10.3. The molecular weight excluding hydrogens is 224 g/mol. The highest BCUT2D eigenvalue weighted by Crippen LogP contribution is 2.08. The fourth-order valence-electron chi connectivity index (χ4n) is 1.06. The summed E-state index contributed by atoms with van der Waals surface area (Å²) in [6.45, 7) is 3.04. The zero-order valence-corrected chi connectivity index (χ0v) is 9.26. The monoisotopic (exact) mass is 244 g/mol. The van der Waals surface area contributed by atoms with E-state index in [-0.39, 0.29) is 18.8 Å². The Hall–Kier alpha value is -1.26. The quantitative estimate of drug-likeness (QED) is 0.564. The molecule has 16 heavy (non-hydrogen) atoms. The third-order valence-electron chi connectivity index (χ3n) is 1.76. The average molecular weight is 244 g/mol. The molecule has 0 aliphatic carbocycles. The summed E-state index contributed by atoms with van der Waals surface area (Å²) < 4.78 is 5.51. The molecular formula is C11H20F4O. The predicted octanol–water partition coefficient (Wildman–Crippen LogP) is 3.87.